The van der Waals surface area contributed by atoms with Crippen LogP contribution in [-0.2, 0) is 5.75 Å². The summed E-state index contributed by atoms with van der Waals surface area (Å²) in [5, 5.41) is 2.02. The van der Waals surface area contributed by atoms with Crippen LogP contribution in [0.5, 0.6) is 0 Å². The van der Waals surface area contributed by atoms with Gasteiger partial charge in [-0.25, -0.2) is 14.4 Å². The second-order valence-corrected chi connectivity index (χ2v) is 8.13. The monoisotopic (exact) mass is 392 g/mol. The highest BCUT2D eigenvalue weighted by atomic mass is 32.2. The highest BCUT2D eigenvalue weighted by Crippen LogP contribution is 2.31. The average Bonchev–Trinajstić information content (AvgIpc) is 3.02. The molecule has 5 heteroatoms. The first-order valence-electron chi connectivity index (χ1n) is 8.55. The van der Waals surface area contributed by atoms with Crippen molar-refractivity contribution in [2.45, 2.75) is 17.8 Å². The molecular formula is C22H17FN2S2. The van der Waals surface area contributed by atoms with Crippen LogP contribution < -0.4 is 0 Å². The molecule has 4 aromatic rings. The molecule has 0 N–H and O–H groups in total. The Morgan fingerprint density at radius 1 is 1.04 bits per heavy atom. The van der Waals surface area contributed by atoms with E-state index in [1.165, 1.54) is 32.7 Å². The van der Waals surface area contributed by atoms with Gasteiger partial charge in [0.1, 0.15) is 5.82 Å². The van der Waals surface area contributed by atoms with Gasteiger partial charge < -0.3 is 0 Å². The molecule has 0 aliphatic rings. The first-order valence-corrected chi connectivity index (χ1v) is 10.4. The van der Waals surface area contributed by atoms with Crippen molar-refractivity contribution in [2.24, 2.45) is 0 Å². The summed E-state index contributed by atoms with van der Waals surface area (Å²) < 4.78 is 14.3. The van der Waals surface area contributed by atoms with Gasteiger partial charge >= 0.3 is 0 Å². The first kappa shape index (κ1) is 17.9. The normalized spacial score (nSPS) is 11.5. The summed E-state index contributed by atoms with van der Waals surface area (Å²) in [6.07, 6.45) is 5.93. The van der Waals surface area contributed by atoms with Crippen molar-refractivity contribution in [3.05, 3.63) is 88.3 Å². The Morgan fingerprint density at radius 3 is 2.67 bits per heavy atom. The van der Waals surface area contributed by atoms with Gasteiger partial charge in [0.2, 0.25) is 0 Å². The average molecular weight is 393 g/mol. The van der Waals surface area contributed by atoms with Crippen molar-refractivity contribution in [3.8, 4) is 0 Å². The van der Waals surface area contributed by atoms with Crippen LogP contribution in [0.15, 0.2) is 66.0 Å². The number of hydrogen-bond acceptors (Lipinski definition) is 4. The summed E-state index contributed by atoms with van der Waals surface area (Å²) in [5.74, 6) is 0.492. The number of rotatable bonds is 5. The number of thiophene rings is 1. The van der Waals surface area contributed by atoms with Crippen LogP contribution in [0.25, 0.3) is 22.2 Å². The third-order valence-electron chi connectivity index (χ3n) is 4.22. The van der Waals surface area contributed by atoms with Gasteiger partial charge in [-0.15, -0.1) is 11.3 Å². The molecule has 0 fully saturated rings. The Morgan fingerprint density at radius 2 is 1.85 bits per heavy atom. The van der Waals surface area contributed by atoms with Crippen molar-refractivity contribution in [1.29, 1.82) is 0 Å². The highest BCUT2D eigenvalue weighted by Gasteiger charge is 2.05. The third kappa shape index (κ3) is 4.26. The van der Waals surface area contributed by atoms with E-state index < -0.39 is 0 Å². The topological polar surface area (TPSA) is 25.8 Å². The fourth-order valence-electron chi connectivity index (χ4n) is 2.76. The number of aryl methyl sites for hydroxylation is 1. The quantitative estimate of drug-likeness (QED) is 0.283. The number of hydrogen-bond donors (Lipinski definition) is 0. The molecular weight excluding hydrogens is 375 g/mol. The summed E-state index contributed by atoms with van der Waals surface area (Å²) in [7, 11) is 0. The molecule has 0 amide bonds. The van der Waals surface area contributed by atoms with E-state index in [0.29, 0.717) is 5.75 Å². The van der Waals surface area contributed by atoms with E-state index >= 15 is 0 Å². The molecule has 0 unspecified atom stereocenters. The zero-order chi connectivity index (χ0) is 18.6. The number of halogens is 1. The fourth-order valence-corrected chi connectivity index (χ4v) is 4.67. The summed E-state index contributed by atoms with van der Waals surface area (Å²) in [5.41, 5.74) is 3.22. The van der Waals surface area contributed by atoms with E-state index in [1.807, 2.05) is 12.1 Å². The SMILES string of the molecule is Cc1c(C=Cc2ccnc(SCc3ccc(F)cc3)n2)sc2ccccc12. The Bertz CT molecular complexity index is 1100. The van der Waals surface area contributed by atoms with Crippen LogP contribution in [0.3, 0.4) is 0 Å². The van der Waals surface area contributed by atoms with E-state index in [4.69, 9.17) is 0 Å². The van der Waals surface area contributed by atoms with E-state index in [0.717, 1.165) is 16.4 Å². The van der Waals surface area contributed by atoms with E-state index in [-0.39, 0.29) is 5.82 Å². The lowest BCUT2D eigenvalue weighted by atomic mass is 10.1. The van der Waals surface area contributed by atoms with Crippen molar-refractivity contribution >= 4 is 45.3 Å². The first-order chi connectivity index (χ1) is 13.2. The second kappa shape index (κ2) is 8.03. The molecule has 0 aliphatic carbocycles. The lowest BCUT2D eigenvalue weighted by molar-refractivity contribution is 0.627. The van der Waals surface area contributed by atoms with Gasteiger partial charge in [-0.1, -0.05) is 42.1 Å². The lowest BCUT2D eigenvalue weighted by Gasteiger charge is -2.02. The van der Waals surface area contributed by atoms with Gasteiger partial charge in [-0.05, 0) is 59.9 Å². The maximum atomic E-state index is 13.0. The van der Waals surface area contributed by atoms with Gasteiger partial charge in [0.05, 0.1) is 5.69 Å². The minimum Gasteiger partial charge on any atom is -0.231 e. The molecule has 0 radical (unpaired) electrons. The molecule has 2 heterocycles. The largest absolute Gasteiger partial charge is 0.231 e. The number of thioether (sulfide) groups is 1. The van der Waals surface area contributed by atoms with Crippen LogP contribution in [0.4, 0.5) is 4.39 Å². The Balaban J connectivity index is 1.49. The third-order valence-corrected chi connectivity index (χ3v) is 6.39. The number of nitrogens with zero attached hydrogens (tertiary/aromatic N) is 2. The predicted octanol–water partition coefficient (Wildman–Crippen LogP) is 6.60. The molecule has 134 valence electrons. The summed E-state index contributed by atoms with van der Waals surface area (Å²) in [6, 6.07) is 16.9. The van der Waals surface area contributed by atoms with Crippen molar-refractivity contribution in [3.63, 3.8) is 0 Å². The maximum Gasteiger partial charge on any atom is 0.188 e. The molecule has 0 aliphatic heterocycles. The van der Waals surface area contributed by atoms with Crippen LogP contribution in [-0.4, -0.2) is 9.97 Å². The molecule has 0 saturated heterocycles. The van der Waals surface area contributed by atoms with E-state index in [1.54, 1.807) is 41.4 Å². The summed E-state index contributed by atoms with van der Waals surface area (Å²) in [4.78, 5) is 10.2. The van der Waals surface area contributed by atoms with Crippen molar-refractivity contribution in [1.82, 2.24) is 9.97 Å². The summed E-state index contributed by atoms with van der Waals surface area (Å²) in [6.45, 7) is 2.16. The molecule has 0 bridgehead atoms. The minimum atomic E-state index is -0.219. The van der Waals surface area contributed by atoms with Crippen LogP contribution >= 0.6 is 23.1 Å². The molecule has 0 spiro atoms. The van der Waals surface area contributed by atoms with Crippen LogP contribution in [0, 0.1) is 12.7 Å². The maximum absolute atomic E-state index is 13.0. The standard InChI is InChI=1S/C22H17FN2S2/c1-15-19-4-2-3-5-21(19)27-20(15)11-10-18-12-13-24-22(25-18)26-14-16-6-8-17(23)9-7-16/h2-13H,14H2,1H3. The smallest absolute Gasteiger partial charge is 0.188 e. The second-order valence-electron chi connectivity index (χ2n) is 6.10. The van der Waals surface area contributed by atoms with Crippen molar-refractivity contribution in [2.75, 3.05) is 0 Å². The van der Waals surface area contributed by atoms with Gasteiger partial charge in [-0.3, -0.25) is 0 Å². The minimum absolute atomic E-state index is 0.219. The molecule has 2 aromatic carbocycles. The Hall–Kier alpha value is -2.50. The Labute approximate surface area is 165 Å². The zero-order valence-electron chi connectivity index (χ0n) is 14.7. The lowest BCUT2D eigenvalue weighted by Crippen LogP contribution is -1.90. The van der Waals surface area contributed by atoms with Gasteiger partial charge in [0, 0.05) is 21.5 Å². The van der Waals surface area contributed by atoms with Crippen LogP contribution in [0.1, 0.15) is 21.7 Å². The number of fused-ring (bicyclic) bond motifs is 1. The molecule has 2 nitrogen and oxygen atoms in total. The van der Waals surface area contributed by atoms with E-state index in [2.05, 4.69) is 47.2 Å². The number of aromatic nitrogens is 2. The van der Waals surface area contributed by atoms with Crippen molar-refractivity contribution < 1.29 is 4.39 Å². The van der Waals surface area contributed by atoms with Crippen LogP contribution in [0.2, 0.25) is 0 Å². The fraction of sp³-hybridized carbons (Fsp3) is 0.0909. The molecule has 0 saturated carbocycles. The van der Waals surface area contributed by atoms with Gasteiger partial charge in [0.25, 0.3) is 0 Å². The molecule has 2 aromatic heterocycles. The van der Waals surface area contributed by atoms with Gasteiger partial charge in [-0.2, -0.15) is 0 Å². The zero-order valence-corrected chi connectivity index (χ0v) is 16.4. The van der Waals surface area contributed by atoms with Gasteiger partial charge in [0.15, 0.2) is 5.16 Å². The molecule has 0 atom stereocenters. The van der Waals surface area contributed by atoms with E-state index in [9.17, 15) is 4.39 Å². The molecule has 27 heavy (non-hydrogen) atoms. The summed E-state index contributed by atoms with van der Waals surface area (Å²) >= 11 is 3.34. The predicted molar refractivity (Wildman–Crippen MR) is 113 cm³/mol. The number of benzene rings is 2. The highest BCUT2D eigenvalue weighted by molar-refractivity contribution is 7.98. The molecule has 4 rings (SSSR count). The Kier molecular flexibility index (Phi) is 5.32.